The van der Waals surface area contributed by atoms with Crippen LogP contribution in [-0.4, -0.2) is 22.6 Å². The topological polar surface area (TPSA) is 67.4 Å². The van der Waals surface area contributed by atoms with Crippen molar-refractivity contribution in [3.05, 3.63) is 35.4 Å². The molecule has 1 aromatic rings. The Kier molecular flexibility index (Phi) is 4.88. The average Bonchev–Trinajstić information content (AvgIpc) is 2.21. The SMILES string of the molecule is CNNS(=O)(=O)Cc1ccc(COC)cc1. The van der Waals surface area contributed by atoms with Gasteiger partial charge in [-0.05, 0) is 18.2 Å². The molecule has 1 aromatic carbocycles. The summed E-state index contributed by atoms with van der Waals surface area (Å²) in [6.45, 7) is 0.530. The maximum Gasteiger partial charge on any atom is 0.228 e. The summed E-state index contributed by atoms with van der Waals surface area (Å²) >= 11 is 0. The highest BCUT2D eigenvalue weighted by Gasteiger charge is 2.09. The van der Waals surface area contributed by atoms with E-state index in [2.05, 4.69) is 10.3 Å². The highest BCUT2D eigenvalue weighted by Crippen LogP contribution is 2.08. The molecule has 0 radical (unpaired) electrons. The standard InChI is InChI=1S/C10H16N2O3S/c1-11-12-16(13,14)8-10-5-3-9(4-6-10)7-15-2/h3-6,11-12H,7-8H2,1-2H3. The normalized spacial score (nSPS) is 11.6. The molecule has 0 aliphatic carbocycles. The number of methoxy groups -OCH3 is 1. The van der Waals surface area contributed by atoms with Gasteiger partial charge in [0, 0.05) is 7.11 Å². The molecular formula is C10H16N2O3S. The van der Waals surface area contributed by atoms with E-state index in [1.54, 1.807) is 19.2 Å². The summed E-state index contributed by atoms with van der Waals surface area (Å²) in [6, 6.07) is 7.27. The van der Waals surface area contributed by atoms with Crippen molar-refractivity contribution in [1.29, 1.82) is 0 Å². The smallest absolute Gasteiger partial charge is 0.228 e. The minimum Gasteiger partial charge on any atom is -0.380 e. The second-order valence-electron chi connectivity index (χ2n) is 3.36. The van der Waals surface area contributed by atoms with Crippen molar-refractivity contribution in [3.8, 4) is 0 Å². The predicted octanol–water partition coefficient (Wildman–Crippen LogP) is 0.387. The molecule has 0 bridgehead atoms. The molecule has 0 saturated heterocycles. The van der Waals surface area contributed by atoms with Gasteiger partial charge in [0.1, 0.15) is 0 Å². The molecule has 0 saturated carbocycles. The zero-order valence-corrected chi connectivity index (χ0v) is 10.2. The van der Waals surface area contributed by atoms with Crippen LogP contribution in [0.5, 0.6) is 0 Å². The van der Waals surface area contributed by atoms with Gasteiger partial charge in [0.15, 0.2) is 0 Å². The Balaban J connectivity index is 2.68. The van der Waals surface area contributed by atoms with Gasteiger partial charge >= 0.3 is 0 Å². The molecule has 2 N–H and O–H groups in total. The molecule has 0 unspecified atom stereocenters. The summed E-state index contributed by atoms with van der Waals surface area (Å²) < 4.78 is 27.8. The molecule has 90 valence electrons. The minimum atomic E-state index is -3.30. The van der Waals surface area contributed by atoms with Crippen molar-refractivity contribution in [2.45, 2.75) is 12.4 Å². The number of rotatable bonds is 6. The van der Waals surface area contributed by atoms with Crippen LogP contribution in [0.1, 0.15) is 11.1 Å². The highest BCUT2D eigenvalue weighted by molar-refractivity contribution is 7.88. The number of hydrogen-bond acceptors (Lipinski definition) is 4. The van der Waals surface area contributed by atoms with Crippen LogP contribution in [0.3, 0.4) is 0 Å². The number of hydrogen-bond donors (Lipinski definition) is 2. The second-order valence-corrected chi connectivity index (χ2v) is 5.08. The maximum atomic E-state index is 11.4. The molecule has 0 aliphatic rings. The molecule has 16 heavy (non-hydrogen) atoms. The van der Waals surface area contributed by atoms with Gasteiger partial charge in [0.2, 0.25) is 10.0 Å². The molecule has 5 nitrogen and oxygen atoms in total. The molecule has 0 aliphatic heterocycles. The van der Waals surface area contributed by atoms with Gasteiger partial charge in [-0.2, -0.15) is 4.83 Å². The Labute approximate surface area is 95.8 Å². The first-order valence-electron chi connectivity index (χ1n) is 4.80. The Morgan fingerprint density at radius 2 is 1.75 bits per heavy atom. The summed E-state index contributed by atoms with van der Waals surface area (Å²) in [5.41, 5.74) is 4.16. The zero-order valence-electron chi connectivity index (χ0n) is 9.36. The van der Waals surface area contributed by atoms with Crippen molar-refractivity contribution in [3.63, 3.8) is 0 Å². The third-order valence-electron chi connectivity index (χ3n) is 1.95. The first-order chi connectivity index (χ1) is 7.57. The summed E-state index contributed by atoms with van der Waals surface area (Å²) in [5.74, 6) is -0.0406. The average molecular weight is 244 g/mol. The van der Waals surface area contributed by atoms with Crippen molar-refractivity contribution in [1.82, 2.24) is 10.3 Å². The summed E-state index contributed by atoms with van der Waals surface area (Å²) in [7, 11) is -0.169. The quantitative estimate of drug-likeness (QED) is 0.710. The zero-order chi connectivity index (χ0) is 12.0. The van der Waals surface area contributed by atoms with Crippen molar-refractivity contribution in [2.75, 3.05) is 14.2 Å². The van der Waals surface area contributed by atoms with Crippen molar-refractivity contribution < 1.29 is 13.2 Å². The van der Waals surface area contributed by atoms with Crippen LogP contribution in [0, 0.1) is 0 Å². The Hall–Kier alpha value is -0.950. The van der Waals surface area contributed by atoms with Crippen LogP contribution in [-0.2, 0) is 27.1 Å². The van der Waals surface area contributed by atoms with Crippen LogP contribution in [0.25, 0.3) is 0 Å². The Morgan fingerprint density at radius 3 is 2.25 bits per heavy atom. The van der Waals surface area contributed by atoms with Gasteiger partial charge < -0.3 is 4.74 Å². The monoisotopic (exact) mass is 244 g/mol. The fourth-order valence-corrected chi connectivity index (χ4v) is 2.32. The van der Waals surface area contributed by atoms with Gasteiger partial charge in [0.05, 0.1) is 12.4 Å². The molecule has 1 rings (SSSR count). The van der Waals surface area contributed by atoms with Gasteiger partial charge in [-0.15, -0.1) is 0 Å². The fourth-order valence-electron chi connectivity index (χ4n) is 1.31. The molecule has 0 atom stereocenters. The second kappa shape index (κ2) is 5.95. The van der Waals surface area contributed by atoms with Crippen molar-refractivity contribution in [2.24, 2.45) is 0 Å². The van der Waals surface area contributed by atoms with E-state index in [1.165, 1.54) is 7.05 Å². The lowest BCUT2D eigenvalue weighted by Crippen LogP contribution is -2.35. The first kappa shape index (κ1) is 13.1. The number of ether oxygens (including phenoxy) is 1. The van der Waals surface area contributed by atoms with E-state index in [4.69, 9.17) is 4.74 Å². The van der Waals surface area contributed by atoms with E-state index < -0.39 is 10.0 Å². The molecule has 0 heterocycles. The van der Waals surface area contributed by atoms with Crippen molar-refractivity contribution >= 4 is 10.0 Å². The predicted molar refractivity (Wildman–Crippen MR) is 62.0 cm³/mol. The summed E-state index contributed by atoms with van der Waals surface area (Å²) in [6.07, 6.45) is 0. The number of benzene rings is 1. The highest BCUT2D eigenvalue weighted by atomic mass is 32.2. The van der Waals surface area contributed by atoms with Crippen LogP contribution < -0.4 is 10.3 Å². The van der Waals surface area contributed by atoms with E-state index in [-0.39, 0.29) is 5.75 Å². The minimum absolute atomic E-state index is 0.0406. The Bertz CT molecular complexity index is 414. The maximum absolute atomic E-state index is 11.4. The van der Waals surface area contributed by atoms with Gasteiger partial charge in [0.25, 0.3) is 0 Å². The number of hydrazine groups is 1. The lowest BCUT2D eigenvalue weighted by Gasteiger charge is -2.06. The van der Waals surface area contributed by atoms with E-state index in [0.29, 0.717) is 6.61 Å². The number of sulfonamides is 1. The third-order valence-corrected chi connectivity index (χ3v) is 3.18. The molecule has 0 spiro atoms. The van der Waals surface area contributed by atoms with Gasteiger partial charge in [-0.25, -0.2) is 13.8 Å². The van der Waals surface area contributed by atoms with Crippen LogP contribution in [0.15, 0.2) is 24.3 Å². The van der Waals surface area contributed by atoms with E-state index in [0.717, 1.165) is 11.1 Å². The van der Waals surface area contributed by atoms with Gasteiger partial charge in [-0.3, -0.25) is 0 Å². The Morgan fingerprint density at radius 1 is 1.19 bits per heavy atom. The lowest BCUT2D eigenvalue weighted by atomic mass is 10.2. The molecule has 0 aromatic heterocycles. The molecule has 0 amide bonds. The molecular weight excluding hydrogens is 228 g/mol. The van der Waals surface area contributed by atoms with Crippen LogP contribution in [0.4, 0.5) is 0 Å². The summed E-state index contributed by atoms with van der Waals surface area (Å²) in [4.78, 5) is 2.21. The van der Waals surface area contributed by atoms with Crippen LogP contribution >= 0.6 is 0 Å². The third kappa shape index (κ3) is 4.28. The first-order valence-corrected chi connectivity index (χ1v) is 6.45. The lowest BCUT2D eigenvalue weighted by molar-refractivity contribution is 0.185. The number of nitrogens with one attached hydrogen (secondary N) is 2. The summed E-state index contributed by atoms with van der Waals surface area (Å²) in [5, 5.41) is 0. The van der Waals surface area contributed by atoms with Crippen LogP contribution in [0.2, 0.25) is 0 Å². The van der Waals surface area contributed by atoms with E-state index in [1.807, 2.05) is 12.1 Å². The largest absolute Gasteiger partial charge is 0.380 e. The van der Waals surface area contributed by atoms with Gasteiger partial charge in [-0.1, -0.05) is 24.3 Å². The molecule has 6 heteroatoms. The molecule has 0 fully saturated rings. The fraction of sp³-hybridized carbons (Fsp3) is 0.400. The van der Waals surface area contributed by atoms with E-state index >= 15 is 0 Å². The van der Waals surface area contributed by atoms with E-state index in [9.17, 15) is 8.42 Å².